The molecule has 122 valence electrons. The zero-order valence-electron chi connectivity index (χ0n) is 12.5. The summed E-state index contributed by atoms with van der Waals surface area (Å²) in [4.78, 5) is 14.1. The van der Waals surface area contributed by atoms with Crippen LogP contribution in [0.3, 0.4) is 0 Å². The molecule has 0 aliphatic carbocycles. The minimum absolute atomic E-state index is 0.113. The summed E-state index contributed by atoms with van der Waals surface area (Å²) in [6.07, 6.45) is 1.57. The summed E-state index contributed by atoms with van der Waals surface area (Å²) >= 11 is 19.5. The molecule has 1 heterocycles. The van der Waals surface area contributed by atoms with Crippen molar-refractivity contribution < 1.29 is 0 Å². The van der Waals surface area contributed by atoms with Crippen molar-refractivity contribution in [2.45, 2.75) is 16.7 Å². The molecule has 0 saturated heterocycles. The van der Waals surface area contributed by atoms with Gasteiger partial charge in [-0.25, -0.2) is 0 Å². The summed E-state index contributed by atoms with van der Waals surface area (Å²) in [5.74, 6) is 0. The first kappa shape index (κ1) is 17.4. The molecule has 1 aromatic heterocycles. The molecule has 3 rings (SSSR count). The van der Waals surface area contributed by atoms with E-state index in [1.807, 2.05) is 31.2 Å². The van der Waals surface area contributed by atoms with Crippen molar-refractivity contribution in [3.8, 4) is 5.69 Å². The molecule has 0 radical (unpaired) electrons. The van der Waals surface area contributed by atoms with Gasteiger partial charge in [0.2, 0.25) is 0 Å². The van der Waals surface area contributed by atoms with Crippen molar-refractivity contribution in [1.82, 2.24) is 9.78 Å². The van der Waals surface area contributed by atoms with Gasteiger partial charge in [-0.15, -0.1) is 0 Å². The minimum Gasteiger partial charge on any atom is -0.266 e. The molecule has 0 unspecified atom stereocenters. The van der Waals surface area contributed by atoms with Crippen molar-refractivity contribution in [1.29, 1.82) is 0 Å². The molecule has 0 aliphatic heterocycles. The fraction of sp³-hybridized carbons (Fsp3) is 0.0588. The Bertz CT molecular complexity index is 955. The Balaban J connectivity index is 1.98. The van der Waals surface area contributed by atoms with Gasteiger partial charge in [0.15, 0.2) is 0 Å². The summed E-state index contributed by atoms with van der Waals surface area (Å²) in [6, 6.07) is 12.8. The maximum absolute atomic E-state index is 12.5. The molecule has 0 atom stereocenters. The second kappa shape index (κ2) is 7.19. The monoisotopic (exact) mass is 396 g/mol. The van der Waals surface area contributed by atoms with Gasteiger partial charge in [-0.1, -0.05) is 64.3 Å². The lowest BCUT2D eigenvalue weighted by Crippen LogP contribution is -2.21. The van der Waals surface area contributed by atoms with Crippen molar-refractivity contribution in [2.75, 3.05) is 0 Å². The number of benzene rings is 2. The van der Waals surface area contributed by atoms with Gasteiger partial charge < -0.3 is 0 Å². The highest BCUT2D eigenvalue weighted by Crippen LogP contribution is 2.31. The van der Waals surface area contributed by atoms with E-state index < -0.39 is 5.56 Å². The maximum atomic E-state index is 12.5. The maximum Gasteiger partial charge on any atom is 0.291 e. The highest BCUT2D eigenvalue weighted by Gasteiger charge is 2.12. The smallest absolute Gasteiger partial charge is 0.266 e. The van der Waals surface area contributed by atoms with Gasteiger partial charge in [0.05, 0.1) is 26.8 Å². The average molecular weight is 398 g/mol. The first-order valence-electron chi connectivity index (χ1n) is 6.93. The molecule has 0 spiro atoms. The standard InChI is InChI=1S/C17H11Cl3N2OS/c1-10-2-5-12(6-3-10)24-15-9-21-22(17(23)16(15)20)11-4-7-13(18)14(19)8-11/h2-9H,1H3. The highest BCUT2D eigenvalue weighted by molar-refractivity contribution is 7.99. The third kappa shape index (κ3) is 3.62. The molecular formula is C17H11Cl3N2OS. The average Bonchev–Trinajstić information content (AvgIpc) is 2.57. The van der Waals surface area contributed by atoms with Crippen LogP contribution in [0.1, 0.15) is 5.56 Å². The van der Waals surface area contributed by atoms with E-state index in [-0.39, 0.29) is 5.02 Å². The zero-order valence-corrected chi connectivity index (χ0v) is 15.5. The van der Waals surface area contributed by atoms with Crippen molar-refractivity contribution >= 4 is 46.6 Å². The first-order chi connectivity index (χ1) is 11.5. The number of aromatic nitrogens is 2. The van der Waals surface area contributed by atoms with Crippen LogP contribution in [-0.2, 0) is 0 Å². The summed E-state index contributed by atoms with van der Waals surface area (Å²) < 4.78 is 1.20. The molecule has 2 aromatic carbocycles. The molecule has 0 aliphatic rings. The fourth-order valence-electron chi connectivity index (χ4n) is 2.02. The lowest BCUT2D eigenvalue weighted by atomic mass is 10.2. The number of hydrogen-bond donors (Lipinski definition) is 0. The summed E-state index contributed by atoms with van der Waals surface area (Å²) in [5, 5.41) is 5.06. The molecule has 0 N–H and O–H groups in total. The molecule has 3 nitrogen and oxygen atoms in total. The second-order valence-corrected chi connectivity index (χ2v) is 7.36. The molecule has 0 fully saturated rings. The summed E-state index contributed by atoms with van der Waals surface area (Å²) in [5.41, 5.74) is 1.26. The topological polar surface area (TPSA) is 34.9 Å². The summed E-state index contributed by atoms with van der Waals surface area (Å²) in [6.45, 7) is 2.02. The first-order valence-corrected chi connectivity index (χ1v) is 8.88. The number of halogens is 3. The number of rotatable bonds is 3. The van der Waals surface area contributed by atoms with E-state index in [0.717, 1.165) is 4.90 Å². The van der Waals surface area contributed by atoms with Crippen LogP contribution in [0, 0.1) is 6.92 Å². The van der Waals surface area contributed by atoms with Crippen LogP contribution >= 0.6 is 46.6 Å². The molecule has 0 saturated carbocycles. The SMILES string of the molecule is Cc1ccc(Sc2cnn(-c3ccc(Cl)c(Cl)c3)c(=O)c2Cl)cc1. The van der Waals surface area contributed by atoms with Gasteiger partial charge in [-0.3, -0.25) is 4.79 Å². The predicted octanol–water partition coefficient (Wildman–Crippen LogP) is 5.65. The lowest BCUT2D eigenvalue weighted by Gasteiger charge is -2.09. The quantitative estimate of drug-likeness (QED) is 0.572. The second-order valence-electron chi connectivity index (χ2n) is 5.05. The van der Waals surface area contributed by atoms with Crippen LogP contribution in [0.15, 0.2) is 63.2 Å². The van der Waals surface area contributed by atoms with Crippen LogP contribution in [0.4, 0.5) is 0 Å². The van der Waals surface area contributed by atoms with E-state index >= 15 is 0 Å². The van der Waals surface area contributed by atoms with Gasteiger partial charge in [-0.05, 0) is 37.3 Å². The zero-order chi connectivity index (χ0) is 17.3. The number of hydrogen-bond acceptors (Lipinski definition) is 3. The Morgan fingerprint density at radius 3 is 2.38 bits per heavy atom. The van der Waals surface area contributed by atoms with E-state index in [9.17, 15) is 4.79 Å². The molecule has 3 aromatic rings. The van der Waals surface area contributed by atoms with Gasteiger partial charge >= 0.3 is 0 Å². The van der Waals surface area contributed by atoms with Crippen molar-refractivity contribution in [2.24, 2.45) is 0 Å². The van der Waals surface area contributed by atoms with Crippen LogP contribution < -0.4 is 5.56 Å². The number of aryl methyl sites for hydroxylation is 1. The Morgan fingerprint density at radius 2 is 1.71 bits per heavy atom. The number of nitrogens with zero attached hydrogens (tertiary/aromatic N) is 2. The fourth-order valence-corrected chi connectivity index (χ4v) is 3.36. The predicted molar refractivity (Wildman–Crippen MR) is 100 cm³/mol. The largest absolute Gasteiger partial charge is 0.291 e. The van der Waals surface area contributed by atoms with Crippen molar-refractivity contribution in [3.63, 3.8) is 0 Å². The normalized spacial score (nSPS) is 10.8. The lowest BCUT2D eigenvalue weighted by molar-refractivity contribution is 0.791. The molecule has 0 amide bonds. The van der Waals surface area contributed by atoms with Crippen LogP contribution in [0.2, 0.25) is 15.1 Å². The van der Waals surface area contributed by atoms with Crippen molar-refractivity contribution in [3.05, 3.63) is 79.6 Å². The Morgan fingerprint density at radius 1 is 1.00 bits per heavy atom. The molecule has 24 heavy (non-hydrogen) atoms. The third-order valence-corrected chi connectivity index (χ3v) is 5.54. The van der Waals surface area contributed by atoms with Gasteiger partial charge in [-0.2, -0.15) is 9.78 Å². The van der Waals surface area contributed by atoms with Gasteiger partial charge in [0, 0.05) is 4.90 Å². The van der Waals surface area contributed by atoms with Crippen LogP contribution in [0.25, 0.3) is 5.69 Å². The Hall–Kier alpha value is -1.46. The molecule has 0 bridgehead atoms. The highest BCUT2D eigenvalue weighted by atomic mass is 35.5. The van der Waals surface area contributed by atoms with E-state index in [2.05, 4.69) is 5.10 Å². The van der Waals surface area contributed by atoms with Gasteiger partial charge in [0.25, 0.3) is 5.56 Å². The Kier molecular flexibility index (Phi) is 5.21. The Labute approximate surface area is 158 Å². The van der Waals surface area contributed by atoms with E-state index in [1.165, 1.54) is 22.0 Å². The van der Waals surface area contributed by atoms with Crippen LogP contribution in [-0.4, -0.2) is 9.78 Å². The van der Waals surface area contributed by atoms with E-state index in [4.69, 9.17) is 34.8 Å². The molecule has 7 heteroatoms. The van der Waals surface area contributed by atoms with E-state index in [0.29, 0.717) is 20.6 Å². The van der Waals surface area contributed by atoms with Crippen LogP contribution in [0.5, 0.6) is 0 Å². The minimum atomic E-state index is -0.410. The van der Waals surface area contributed by atoms with E-state index in [1.54, 1.807) is 24.4 Å². The van der Waals surface area contributed by atoms with Gasteiger partial charge in [0.1, 0.15) is 5.02 Å². The molecular weight excluding hydrogens is 387 g/mol. The third-order valence-electron chi connectivity index (χ3n) is 3.28. The summed E-state index contributed by atoms with van der Waals surface area (Å²) in [7, 11) is 0.